The Labute approximate surface area is 178 Å². The molecule has 2 amide bonds. The Hall–Kier alpha value is -2.89. The number of anilines is 1. The molecule has 1 atom stereocenters. The SMILES string of the molecule is O=C(NCc1ccc(N2CCCCC2)nc1)C1CC(=O)N(CCc2ccccc2)C1. The highest BCUT2D eigenvalue weighted by Crippen LogP contribution is 2.20. The molecule has 2 fully saturated rings. The third kappa shape index (κ3) is 5.17. The maximum Gasteiger partial charge on any atom is 0.225 e. The molecule has 2 saturated heterocycles. The maximum atomic E-state index is 12.6. The lowest BCUT2D eigenvalue weighted by atomic mass is 10.1. The molecule has 1 aromatic heterocycles. The molecule has 6 heteroatoms. The van der Waals surface area contributed by atoms with Crippen molar-refractivity contribution in [2.45, 2.75) is 38.6 Å². The number of aromatic nitrogens is 1. The van der Waals surface area contributed by atoms with Crippen LogP contribution in [0.1, 0.15) is 36.8 Å². The summed E-state index contributed by atoms with van der Waals surface area (Å²) in [4.78, 5) is 33.6. The summed E-state index contributed by atoms with van der Waals surface area (Å²) in [7, 11) is 0. The second-order valence-electron chi connectivity index (χ2n) is 8.27. The number of likely N-dealkylation sites (tertiary alicyclic amines) is 1. The van der Waals surface area contributed by atoms with Crippen LogP contribution in [-0.2, 0) is 22.6 Å². The number of nitrogens with one attached hydrogen (secondary N) is 1. The summed E-state index contributed by atoms with van der Waals surface area (Å²) in [6, 6.07) is 14.2. The number of carbonyl (C=O) groups excluding carboxylic acids is 2. The Bertz CT molecular complexity index is 847. The van der Waals surface area contributed by atoms with Gasteiger partial charge in [0, 0.05) is 45.3 Å². The highest BCUT2D eigenvalue weighted by molar-refractivity contribution is 5.89. The van der Waals surface area contributed by atoms with Crippen LogP contribution in [0, 0.1) is 5.92 Å². The molecule has 30 heavy (non-hydrogen) atoms. The average Bonchev–Trinajstić information content (AvgIpc) is 3.18. The second-order valence-corrected chi connectivity index (χ2v) is 8.27. The topological polar surface area (TPSA) is 65.5 Å². The minimum atomic E-state index is -0.270. The van der Waals surface area contributed by atoms with Crippen LogP contribution < -0.4 is 10.2 Å². The summed E-state index contributed by atoms with van der Waals surface area (Å²) in [6.07, 6.45) is 6.71. The van der Waals surface area contributed by atoms with Crippen molar-refractivity contribution in [1.82, 2.24) is 15.2 Å². The first kappa shape index (κ1) is 20.4. The molecule has 1 unspecified atom stereocenters. The van der Waals surface area contributed by atoms with Gasteiger partial charge in [0.25, 0.3) is 0 Å². The summed E-state index contributed by atoms with van der Waals surface area (Å²) in [5.41, 5.74) is 2.19. The van der Waals surface area contributed by atoms with Gasteiger partial charge in [-0.15, -0.1) is 0 Å². The van der Waals surface area contributed by atoms with Crippen LogP contribution >= 0.6 is 0 Å². The van der Waals surface area contributed by atoms with Crippen molar-refractivity contribution in [3.8, 4) is 0 Å². The fourth-order valence-electron chi connectivity index (χ4n) is 4.24. The average molecular weight is 407 g/mol. The van der Waals surface area contributed by atoms with E-state index < -0.39 is 0 Å². The molecule has 0 aliphatic carbocycles. The number of rotatable bonds is 7. The van der Waals surface area contributed by atoms with Crippen LogP contribution in [0.25, 0.3) is 0 Å². The summed E-state index contributed by atoms with van der Waals surface area (Å²) in [5, 5.41) is 2.98. The molecule has 2 aliphatic rings. The normalized spacial score (nSPS) is 19.2. The van der Waals surface area contributed by atoms with Gasteiger partial charge in [-0.05, 0) is 42.9 Å². The number of pyridine rings is 1. The molecule has 2 aliphatic heterocycles. The van der Waals surface area contributed by atoms with Crippen LogP contribution in [-0.4, -0.2) is 47.9 Å². The van der Waals surface area contributed by atoms with Gasteiger partial charge in [-0.1, -0.05) is 36.4 Å². The van der Waals surface area contributed by atoms with Crippen molar-refractivity contribution < 1.29 is 9.59 Å². The second kappa shape index (κ2) is 9.74. The van der Waals surface area contributed by atoms with E-state index in [0.717, 1.165) is 30.9 Å². The number of nitrogens with zero attached hydrogens (tertiary/aromatic N) is 3. The first-order valence-corrected chi connectivity index (χ1v) is 11.0. The minimum Gasteiger partial charge on any atom is -0.357 e. The first-order chi connectivity index (χ1) is 14.7. The van der Waals surface area contributed by atoms with Gasteiger partial charge in [-0.3, -0.25) is 9.59 Å². The monoisotopic (exact) mass is 406 g/mol. The third-order valence-electron chi connectivity index (χ3n) is 6.05. The van der Waals surface area contributed by atoms with Crippen molar-refractivity contribution >= 4 is 17.6 Å². The van der Waals surface area contributed by atoms with Crippen molar-refractivity contribution in [2.75, 3.05) is 31.1 Å². The van der Waals surface area contributed by atoms with Gasteiger partial charge in [0.2, 0.25) is 11.8 Å². The summed E-state index contributed by atoms with van der Waals surface area (Å²) in [6.45, 7) is 3.75. The van der Waals surface area contributed by atoms with E-state index in [1.807, 2.05) is 41.4 Å². The first-order valence-electron chi connectivity index (χ1n) is 11.0. The molecule has 0 radical (unpaired) electrons. The molecule has 0 saturated carbocycles. The number of hydrogen-bond donors (Lipinski definition) is 1. The van der Waals surface area contributed by atoms with Crippen LogP contribution in [0.2, 0.25) is 0 Å². The van der Waals surface area contributed by atoms with Gasteiger partial charge in [-0.25, -0.2) is 4.98 Å². The summed E-state index contributed by atoms with van der Waals surface area (Å²) < 4.78 is 0. The molecule has 158 valence electrons. The molecule has 0 bridgehead atoms. The zero-order chi connectivity index (χ0) is 20.8. The summed E-state index contributed by atoms with van der Waals surface area (Å²) >= 11 is 0. The molecule has 2 aromatic rings. The van der Waals surface area contributed by atoms with Gasteiger partial charge in [0.15, 0.2) is 0 Å². The van der Waals surface area contributed by atoms with Gasteiger partial charge in [-0.2, -0.15) is 0 Å². The van der Waals surface area contributed by atoms with E-state index in [-0.39, 0.29) is 17.7 Å². The number of hydrogen-bond acceptors (Lipinski definition) is 4. The Morgan fingerprint density at radius 2 is 1.83 bits per heavy atom. The highest BCUT2D eigenvalue weighted by atomic mass is 16.2. The third-order valence-corrected chi connectivity index (χ3v) is 6.05. The predicted octanol–water partition coefficient (Wildman–Crippen LogP) is 2.78. The lowest BCUT2D eigenvalue weighted by molar-refractivity contribution is -0.129. The lowest BCUT2D eigenvalue weighted by Gasteiger charge is -2.27. The van der Waals surface area contributed by atoms with Crippen molar-refractivity contribution in [2.24, 2.45) is 5.92 Å². The van der Waals surface area contributed by atoms with E-state index in [2.05, 4.69) is 27.3 Å². The quantitative estimate of drug-likeness (QED) is 0.768. The van der Waals surface area contributed by atoms with Crippen LogP contribution in [0.5, 0.6) is 0 Å². The Morgan fingerprint density at radius 1 is 1.03 bits per heavy atom. The minimum absolute atomic E-state index is 0.0503. The van der Waals surface area contributed by atoms with E-state index in [0.29, 0.717) is 26.1 Å². The zero-order valence-corrected chi connectivity index (χ0v) is 17.4. The number of carbonyl (C=O) groups is 2. The van der Waals surface area contributed by atoms with E-state index >= 15 is 0 Å². The van der Waals surface area contributed by atoms with Gasteiger partial charge < -0.3 is 15.1 Å². The van der Waals surface area contributed by atoms with E-state index in [4.69, 9.17) is 0 Å². The van der Waals surface area contributed by atoms with E-state index in [1.54, 1.807) is 0 Å². The van der Waals surface area contributed by atoms with Crippen molar-refractivity contribution in [3.05, 3.63) is 59.8 Å². The van der Waals surface area contributed by atoms with Crippen molar-refractivity contribution in [1.29, 1.82) is 0 Å². The number of benzene rings is 1. The maximum absolute atomic E-state index is 12.6. The van der Waals surface area contributed by atoms with Crippen molar-refractivity contribution in [3.63, 3.8) is 0 Å². The molecular weight excluding hydrogens is 376 g/mol. The summed E-state index contributed by atoms with van der Waals surface area (Å²) in [5.74, 6) is 0.762. The standard InChI is InChI=1S/C24H30N4O2/c29-23-15-21(18-28(23)14-11-19-7-3-1-4-8-19)24(30)26-17-20-9-10-22(25-16-20)27-12-5-2-6-13-27/h1,3-4,7-10,16,21H,2,5-6,11-15,17-18H2,(H,26,30). The van der Waals surface area contributed by atoms with Crippen LogP contribution in [0.4, 0.5) is 5.82 Å². The van der Waals surface area contributed by atoms with E-state index in [1.165, 1.54) is 24.8 Å². The number of amides is 2. The smallest absolute Gasteiger partial charge is 0.225 e. The Balaban J connectivity index is 1.23. The van der Waals surface area contributed by atoms with E-state index in [9.17, 15) is 9.59 Å². The molecule has 1 N–H and O–H groups in total. The zero-order valence-electron chi connectivity index (χ0n) is 17.4. The fraction of sp³-hybridized carbons (Fsp3) is 0.458. The van der Waals surface area contributed by atoms with Crippen LogP contribution in [0.3, 0.4) is 0 Å². The lowest BCUT2D eigenvalue weighted by Crippen LogP contribution is -2.33. The molecular formula is C24H30N4O2. The van der Waals surface area contributed by atoms with Gasteiger partial charge in [0.05, 0.1) is 5.92 Å². The van der Waals surface area contributed by atoms with Crippen LogP contribution in [0.15, 0.2) is 48.7 Å². The Morgan fingerprint density at radius 3 is 2.57 bits per heavy atom. The fourth-order valence-corrected chi connectivity index (χ4v) is 4.24. The largest absolute Gasteiger partial charge is 0.357 e. The predicted molar refractivity (Wildman–Crippen MR) is 117 cm³/mol. The molecule has 1 aromatic carbocycles. The Kier molecular flexibility index (Phi) is 6.62. The number of piperidine rings is 1. The van der Waals surface area contributed by atoms with Gasteiger partial charge in [0.1, 0.15) is 5.82 Å². The molecule has 4 rings (SSSR count). The van der Waals surface area contributed by atoms with Gasteiger partial charge >= 0.3 is 0 Å². The molecule has 6 nitrogen and oxygen atoms in total. The highest BCUT2D eigenvalue weighted by Gasteiger charge is 2.33. The molecule has 0 spiro atoms. The molecule has 3 heterocycles.